The van der Waals surface area contributed by atoms with Gasteiger partial charge in [-0.15, -0.1) is 0 Å². The van der Waals surface area contributed by atoms with Crippen molar-refractivity contribution in [2.24, 2.45) is 28.9 Å². The lowest BCUT2D eigenvalue weighted by Crippen LogP contribution is -2.51. The van der Waals surface area contributed by atoms with Crippen LogP contribution in [0.2, 0.25) is 0 Å². The van der Waals surface area contributed by atoms with Gasteiger partial charge in [-0.2, -0.15) is 0 Å². The molecule has 5 nitrogen and oxygen atoms in total. The molecule has 5 rings (SSSR count). The minimum absolute atomic E-state index is 0.0576. The molecule has 4 bridgehead atoms. The zero-order valence-corrected chi connectivity index (χ0v) is 15.4. The third kappa shape index (κ3) is 3.44. The van der Waals surface area contributed by atoms with Crippen LogP contribution in [0.25, 0.3) is 0 Å². The predicted molar refractivity (Wildman–Crippen MR) is 98.7 cm³/mol. The number of rotatable bonds is 6. The summed E-state index contributed by atoms with van der Waals surface area (Å²) >= 11 is 0. The minimum Gasteiger partial charge on any atom is -0.484 e. The predicted octanol–water partition coefficient (Wildman–Crippen LogP) is 2.84. The van der Waals surface area contributed by atoms with E-state index in [1.807, 2.05) is 11.9 Å². The molecule has 0 unspecified atom stereocenters. The van der Waals surface area contributed by atoms with Crippen LogP contribution in [0.5, 0.6) is 5.75 Å². The van der Waals surface area contributed by atoms with Crippen LogP contribution in [-0.4, -0.2) is 36.9 Å². The first-order valence-electron chi connectivity index (χ1n) is 9.69. The average molecular weight is 356 g/mol. The number of ether oxygens (including phenoxy) is 1. The zero-order valence-electron chi connectivity index (χ0n) is 15.4. The van der Waals surface area contributed by atoms with E-state index in [1.165, 1.54) is 38.5 Å². The minimum atomic E-state index is -0.513. The van der Waals surface area contributed by atoms with E-state index in [2.05, 4.69) is 0 Å². The molecule has 0 radical (unpaired) electrons. The molecule has 5 heteroatoms. The molecule has 26 heavy (non-hydrogen) atoms. The van der Waals surface area contributed by atoms with Gasteiger partial charge in [-0.1, -0.05) is 0 Å². The Morgan fingerprint density at radius 3 is 2.12 bits per heavy atom. The van der Waals surface area contributed by atoms with Gasteiger partial charge in [0.1, 0.15) is 5.75 Å². The van der Waals surface area contributed by atoms with Crippen molar-refractivity contribution in [2.75, 3.05) is 20.2 Å². The first-order valence-corrected chi connectivity index (χ1v) is 9.69. The van der Waals surface area contributed by atoms with Gasteiger partial charge in [-0.05, 0) is 86.0 Å². The van der Waals surface area contributed by atoms with Crippen LogP contribution in [0.1, 0.15) is 48.9 Å². The number of carbonyl (C=O) groups is 2. The molecular weight excluding hydrogens is 328 g/mol. The first-order chi connectivity index (χ1) is 12.4. The van der Waals surface area contributed by atoms with Crippen molar-refractivity contribution in [2.45, 2.75) is 38.5 Å². The van der Waals surface area contributed by atoms with E-state index >= 15 is 0 Å². The van der Waals surface area contributed by atoms with Crippen molar-refractivity contribution < 1.29 is 14.3 Å². The average Bonchev–Trinajstić information content (AvgIpc) is 2.58. The van der Waals surface area contributed by atoms with Gasteiger partial charge >= 0.3 is 0 Å². The molecule has 4 aliphatic carbocycles. The van der Waals surface area contributed by atoms with E-state index in [1.54, 1.807) is 24.3 Å². The second-order valence-corrected chi connectivity index (χ2v) is 8.86. The standard InChI is InChI=1S/C21H28N2O3/c1-23(13-21-9-14-6-15(10-21)8-16(7-14)11-21)20(25)17-2-4-18(5-3-17)26-12-19(22)24/h2-5,14-16H,6-13H2,1H3,(H2,22,24). The van der Waals surface area contributed by atoms with Crippen molar-refractivity contribution in [3.8, 4) is 5.75 Å². The molecule has 1 aromatic carbocycles. The van der Waals surface area contributed by atoms with E-state index in [0.717, 1.165) is 24.3 Å². The molecule has 0 atom stereocenters. The fourth-order valence-corrected chi connectivity index (χ4v) is 6.13. The smallest absolute Gasteiger partial charge is 0.255 e. The summed E-state index contributed by atoms with van der Waals surface area (Å²) in [6.45, 7) is 0.717. The van der Waals surface area contributed by atoms with Gasteiger partial charge in [0.15, 0.2) is 6.61 Å². The largest absolute Gasteiger partial charge is 0.484 e. The number of hydrogen-bond acceptors (Lipinski definition) is 3. The fraction of sp³-hybridized carbons (Fsp3) is 0.619. The van der Waals surface area contributed by atoms with Crippen LogP contribution in [0.15, 0.2) is 24.3 Å². The highest BCUT2D eigenvalue weighted by Gasteiger charge is 2.51. The number of benzene rings is 1. The highest BCUT2D eigenvalue weighted by Crippen LogP contribution is 2.60. The van der Waals surface area contributed by atoms with Gasteiger partial charge in [-0.25, -0.2) is 0 Å². The molecule has 0 spiro atoms. The lowest BCUT2D eigenvalue weighted by atomic mass is 9.49. The van der Waals surface area contributed by atoms with Crippen LogP contribution in [0, 0.1) is 23.2 Å². The lowest BCUT2D eigenvalue weighted by Gasteiger charge is -2.57. The second-order valence-electron chi connectivity index (χ2n) is 8.86. The van der Waals surface area contributed by atoms with E-state index < -0.39 is 5.91 Å². The summed E-state index contributed by atoms with van der Waals surface area (Å²) in [5.41, 5.74) is 6.08. The summed E-state index contributed by atoms with van der Waals surface area (Å²) < 4.78 is 5.25. The van der Waals surface area contributed by atoms with Gasteiger partial charge in [-0.3, -0.25) is 9.59 Å². The number of hydrogen-bond donors (Lipinski definition) is 1. The number of primary amides is 1. The Hall–Kier alpha value is -2.04. The molecule has 2 amide bonds. The summed E-state index contributed by atoms with van der Waals surface area (Å²) in [7, 11) is 1.93. The van der Waals surface area contributed by atoms with Crippen LogP contribution < -0.4 is 10.5 Å². The molecule has 4 fully saturated rings. The van der Waals surface area contributed by atoms with Gasteiger partial charge in [0, 0.05) is 19.2 Å². The molecule has 0 aliphatic heterocycles. The quantitative estimate of drug-likeness (QED) is 0.852. The molecule has 140 valence electrons. The van der Waals surface area contributed by atoms with Crippen molar-refractivity contribution >= 4 is 11.8 Å². The fourth-order valence-electron chi connectivity index (χ4n) is 6.13. The Labute approximate surface area is 154 Å². The number of amides is 2. The van der Waals surface area contributed by atoms with Gasteiger partial charge in [0.25, 0.3) is 11.8 Å². The van der Waals surface area contributed by atoms with Crippen LogP contribution in [0.3, 0.4) is 0 Å². The molecule has 4 aliphatic rings. The van der Waals surface area contributed by atoms with Crippen molar-refractivity contribution in [1.29, 1.82) is 0 Å². The van der Waals surface area contributed by atoms with Gasteiger partial charge in [0.2, 0.25) is 0 Å². The zero-order chi connectivity index (χ0) is 18.3. The Balaban J connectivity index is 1.39. The van der Waals surface area contributed by atoms with Crippen LogP contribution in [0.4, 0.5) is 0 Å². The summed E-state index contributed by atoms with van der Waals surface area (Å²) in [6, 6.07) is 6.95. The maximum atomic E-state index is 12.9. The lowest BCUT2D eigenvalue weighted by molar-refractivity contribution is -0.119. The second kappa shape index (κ2) is 6.60. The summed E-state index contributed by atoms with van der Waals surface area (Å²) in [5.74, 6) is 2.77. The Morgan fingerprint density at radius 1 is 1.08 bits per heavy atom. The van der Waals surface area contributed by atoms with Crippen molar-refractivity contribution in [3.63, 3.8) is 0 Å². The van der Waals surface area contributed by atoms with Gasteiger partial charge < -0.3 is 15.4 Å². The molecule has 2 N–H and O–H groups in total. The van der Waals surface area contributed by atoms with E-state index in [-0.39, 0.29) is 12.5 Å². The highest BCUT2D eigenvalue weighted by atomic mass is 16.5. The van der Waals surface area contributed by atoms with Crippen LogP contribution >= 0.6 is 0 Å². The third-order valence-corrected chi connectivity index (χ3v) is 6.57. The maximum absolute atomic E-state index is 12.9. The Bertz CT molecular complexity index is 662. The number of carbonyl (C=O) groups excluding carboxylic acids is 2. The number of nitrogens with zero attached hydrogens (tertiary/aromatic N) is 1. The summed E-state index contributed by atoms with van der Waals surface area (Å²) in [4.78, 5) is 25.5. The summed E-state index contributed by atoms with van der Waals surface area (Å²) in [5, 5.41) is 0. The van der Waals surface area contributed by atoms with E-state index in [4.69, 9.17) is 10.5 Å². The molecular formula is C21H28N2O3. The van der Waals surface area contributed by atoms with E-state index in [9.17, 15) is 9.59 Å². The monoisotopic (exact) mass is 356 g/mol. The van der Waals surface area contributed by atoms with Gasteiger partial charge in [0.05, 0.1) is 0 Å². The number of nitrogens with two attached hydrogens (primary N) is 1. The first kappa shape index (κ1) is 17.4. The Kier molecular flexibility index (Phi) is 4.41. The summed E-state index contributed by atoms with van der Waals surface area (Å²) in [6.07, 6.45) is 8.17. The molecule has 0 aromatic heterocycles. The molecule has 0 saturated heterocycles. The normalized spacial score (nSPS) is 31.7. The van der Waals surface area contributed by atoms with E-state index in [0.29, 0.717) is 16.7 Å². The molecule has 4 saturated carbocycles. The topological polar surface area (TPSA) is 72.6 Å². The SMILES string of the molecule is CN(CC12CC3CC(CC(C3)C1)C2)C(=O)c1ccc(OCC(N)=O)cc1. The van der Waals surface area contributed by atoms with Crippen molar-refractivity contribution in [1.82, 2.24) is 4.90 Å². The van der Waals surface area contributed by atoms with Crippen LogP contribution in [-0.2, 0) is 4.79 Å². The molecule has 0 heterocycles. The van der Waals surface area contributed by atoms with Crippen molar-refractivity contribution in [3.05, 3.63) is 29.8 Å². The highest BCUT2D eigenvalue weighted by molar-refractivity contribution is 5.94. The molecule has 1 aromatic rings. The Morgan fingerprint density at radius 2 is 1.62 bits per heavy atom. The maximum Gasteiger partial charge on any atom is 0.255 e. The third-order valence-electron chi connectivity index (χ3n) is 6.57.